The standard InChI is InChI=1S/C2H4N4S.C2H4N4/c1-6-2(7)3-4-5-6;1-2-3-5-6-4-2/h1H3,(H,3,5,7);1H3,(H,3,4,5,6). The van der Waals surface area contributed by atoms with Crippen LogP contribution in [0.1, 0.15) is 5.82 Å². The van der Waals surface area contributed by atoms with Crippen molar-refractivity contribution >= 4 is 12.2 Å². The van der Waals surface area contributed by atoms with E-state index in [0.29, 0.717) is 10.6 Å². The van der Waals surface area contributed by atoms with Crippen molar-refractivity contribution in [2.75, 3.05) is 0 Å². The Hall–Kier alpha value is -1.64. The molecule has 0 fully saturated rings. The summed E-state index contributed by atoms with van der Waals surface area (Å²) in [7, 11) is 1.75. The molecule has 0 bridgehead atoms. The number of H-pyrrole nitrogens is 2. The van der Waals surface area contributed by atoms with Crippen LogP contribution in [0.25, 0.3) is 0 Å². The monoisotopic (exact) mass is 200 g/mol. The highest BCUT2D eigenvalue weighted by atomic mass is 32.1. The molecular weight excluding hydrogens is 192 g/mol. The lowest BCUT2D eigenvalue weighted by Gasteiger charge is -1.77. The normalized spacial score (nSPS) is 9.08. The molecule has 0 spiro atoms. The average molecular weight is 200 g/mol. The van der Waals surface area contributed by atoms with Gasteiger partial charge < -0.3 is 0 Å². The Morgan fingerprint density at radius 2 is 2.08 bits per heavy atom. The van der Waals surface area contributed by atoms with Crippen molar-refractivity contribution in [1.29, 1.82) is 0 Å². The molecule has 9 heteroatoms. The molecule has 0 aliphatic heterocycles. The van der Waals surface area contributed by atoms with Crippen molar-refractivity contribution in [3.05, 3.63) is 10.6 Å². The molecule has 0 aliphatic rings. The van der Waals surface area contributed by atoms with Gasteiger partial charge in [-0.3, -0.25) is 0 Å². The number of rotatable bonds is 0. The summed E-state index contributed by atoms with van der Waals surface area (Å²) in [5.74, 6) is 0.676. The minimum Gasteiger partial charge on any atom is -0.246 e. The highest BCUT2D eigenvalue weighted by molar-refractivity contribution is 7.71. The molecule has 0 saturated carbocycles. The lowest BCUT2D eigenvalue weighted by atomic mass is 10.8. The average Bonchev–Trinajstić information content (AvgIpc) is 2.67. The third kappa shape index (κ3) is 3.07. The Kier molecular flexibility index (Phi) is 3.20. The molecule has 13 heavy (non-hydrogen) atoms. The van der Waals surface area contributed by atoms with E-state index in [4.69, 9.17) is 0 Å². The van der Waals surface area contributed by atoms with E-state index < -0.39 is 0 Å². The first-order valence-electron chi connectivity index (χ1n) is 3.34. The van der Waals surface area contributed by atoms with Crippen LogP contribution >= 0.6 is 12.2 Å². The summed E-state index contributed by atoms with van der Waals surface area (Å²) in [6.07, 6.45) is 0. The molecular formula is C4H8N8S. The Balaban J connectivity index is 0.000000132. The highest BCUT2D eigenvalue weighted by Crippen LogP contribution is 1.71. The predicted octanol–water partition coefficient (Wildman–Crippen LogP) is -0.619. The molecule has 0 aromatic carbocycles. The van der Waals surface area contributed by atoms with E-state index in [-0.39, 0.29) is 0 Å². The molecule has 0 unspecified atom stereocenters. The van der Waals surface area contributed by atoms with Gasteiger partial charge in [0.1, 0.15) is 0 Å². The summed E-state index contributed by atoms with van der Waals surface area (Å²) in [4.78, 5) is 0. The Bertz CT molecular complexity index is 384. The lowest BCUT2D eigenvalue weighted by Crippen LogP contribution is -1.88. The fourth-order valence-electron chi connectivity index (χ4n) is 0.454. The summed E-state index contributed by atoms with van der Waals surface area (Å²) in [6, 6.07) is 0. The topological polar surface area (TPSA) is 101 Å². The van der Waals surface area contributed by atoms with Crippen LogP contribution in [0.5, 0.6) is 0 Å². The molecule has 2 aromatic heterocycles. The van der Waals surface area contributed by atoms with E-state index in [1.807, 2.05) is 0 Å². The first-order chi connectivity index (χ1) is 6.20. The first kappa shape index (κ1) is 9.45. The Labute approximate surface area is 78.3 Å². The molecule has 0 amide bonds. The van der Waals surface area contributed by atoms with Gasteiger partial charge in [0.25, 0.3) is 0 Å². The van der Waals surface area contributed by atoms with E-state index in [2.05, 4.69) is 48.4 Å². The molecule has 2 rings (SSSR count). The van der Waals surface area contributed by atoms with E-state index in [9.17, 15) is 0 Å². The zero-order chi connectivity index (χ0) is 9.68. The number of nitrogens with zero attached hydrogens (tertiary/aromatic N) is 6. The van der Waals surface area contributed by atoms with Crippen molar-refractivity contribution in [2.45, 2.75) is 6.92 Å². The summed E-state index contributed by atoms with van der Waals surface area (Å²) in [5, 5.41) is 22.1. The van der Waals surface area contributed by atoms with Crippen LogP contribution in [0, 0.1) is 11.7 Å². The van der Waals surface area contributed by atoms with Crippen molar-refractivity contribution in [3.63, 3.8) is 0 Å². The van der Waals surface area contributed by atoms with Gasteiger partial charge in [-0.25, -0.2) is 4.68 Å². The maximum absolute atomic E-state index is 4.64. The second-order valence-electron chi connectivity index (χ2n) is 2.10. The largest absolute Gasteiger partial charge is 0.246 e. The van der Waals surface area contributed by atoms with Gasteiger partial charge in [0.05, 0.1) is 0 Å². The first-order valence-corrected chi connectivity index (χ1v) is 3.75. The molecule has 2 heterocycles. The van der Waals surface area contributed by atoms with Gasteiger partial charge in [-0.15, -0.1) is 10.2 Å². The fourth-order valence-corrected chi connectivity index (χ4v) is 0.536. The second kappa shape index (κ2) is 4.40. The van der Waals surface area contributed by atoms with Crippen LogP contribution in [-0.2, 0) is 7.05 Å². The number of hydrogen-bond donors (Lipinski definition) is 2. The molecule has 0 aliphatic carbocycles. The molecule has 0 atom stereocenters. The maximum atomic E-state index is 4.64. The second-order valence-corrected chi connectivity index (χ2v) is 2.47. The lowest BCUT2D eigenvalue weighted by molar-refractivity contribution is 0.705. The third-order valence-electron chi connectivity index (χ3n) is 1.07. The van der Waals surface area contributed by atoms with Gasteiger partial charge in [-0.05, 0) is 19.1 Å². The van der Waals surface area contributed by atoms with E-state index in [0.717, 1.165) is 0 Å². The highest BCUT2D eigenvalue weighted by Gasteiger charge is 1.80. The summed E-state index contributed by atoms with van der Waals surface area (Å²) < 4.78 is 2.02. The van der Waals surface area contributed by atoms with Crippen molar-refractivity contribution in [3.8, 4) is 0 Å². The minimum atomic E-state index is 0.472. The van der Waals surface area contributed by atoms with Gasteiger partial charge >= 0.3 is 0 Å². The summed E-state index contributed by atoms with van der Waals surface area (Å²) >= 11 is 4.64. The molecule has 70 valence electrons. The number of aromatic amines is 2. The van der Waals surface area contributed by atoms with E-state index in [1.54, 1.807) is 18.7 Å². The van der Waals surface area contributed by atoms with Crippen LogP contribution in [0.3, 0.4) is 0 Å². The van der Waals surface area contributed by atoms with Gasteiger partial charge in [-0.1, -0.05) is 15.5 Å². The maximum Gasteiger partial charge on any atom is 0.237 e. The SMILES string of the molecule is Cc1nn[nH]n1.Cn1[nH]nnc1=S. The van der Waals surface area contributed by atoms with E-state index >= 15 is 0 Å². The smallest absolute Gasteiger partial charge is 0.237 e. The fraction of sp³-hybridized carbons (Fsp3) is 0.500. The van der Waals surface area contributed by atoms with E-state index in [1.165, 1.54) is 0 Å². The molecule has 2 N–H and O–H groups in total. The zero-order valence-electron chi connectivity index (χ0n) is 7.09. The van der Waals surface area contributed by atoms with Crippen molar-refractivity contribution in [1.82, 2.24) is 40.8 Å². The van der Waals surface area contributed by atoms with Crippen LogP contribution in [-0.4, -0.2) is 40.8 Å². The number of hydrogen-bond acceptors (Lipinski definition) is 6. The van der Waals surface area contributed by atoms with Crippen molar-refractivity contribution in [2.24, 2.45) is 7.05 Å². The Morgan fingerprint density at radius 3 is 2.23 bits per heavy atom. The molecule has 8 nitrogen and oxygen atoms in total. The van der Waals surface area contributed by atoms with Crippen molar-refractivity contribution < 1.29 is 0 Å². The minimum absolute atomic E-state index is 0.472. The van der Waals surface area contributed by atoms with Gasteiger partial charge in [0, 0.05) is 7.05 Å². The number of aromatic nitrogens is 8. The van der Waals surface area contributed by atoms with Crippen LogP contribution in [0.2, 0.25) is 0 Å². The summed E-state index contributed by atoms with van der Waals surface area (Å²) in [6.45, 7) is 1.77. The van der Waals surface area contributed by atoms with Crippen LogP contribution < -0.4 is 0 Å². The van der Waals surface area contributed by atoms with Crippen LogP contribution in [0.4, 0.5) is 0 Å². The summed E-state index contributed by atoms with van der Waals surface area (Å²) in [5.41, 5.74) is 0. The molecule has 2 aromatic rings. The van der Waals surface area contributed by atoms with Crippen LogP contribution in [0.15, 0.2) is 0 Å². The third-order valence-corrected chi connectivity index (χ3v) is 1.42. The number of nitrogens with one attached hydrogen (secondary N) is 2. The number of tetrazole rings is 2. The predicted molar refractivity (Wildman–Crippen MR) is 45.1 cm³/mol. The molecule has 0 saturated heterocycles. The number of aryl methyl sites for hydroxylation is 2. The van der Waals surface area contributed by atoms with Gasteiger partial charge in [0.2, 0.25) is 4.77 Å². The molecule has 0 radical (unpaired) electrons. The quantitative estimate of drug-likeness (QED) is 0.550. The van der Waals surface area contributed by atoms with Gasteiger partial charge in [-0.2, -0.15) is 10.4 Å². The van der Waals surface area contributed by atoms with Gasteiger partial charge in [0.15, 0.2) is 5.82 Å². The zero-order valence-corrected chi connectivity index (χ0v) is 7.91. The Morgan fingerprint density at radius 1 is 1.31 bits per heavy atom.